The Morgan fingerprint density at radius 3 is 2.08 bits per heavy atom. The van der Waals surface area contributed by atoms with E-state index in [1.165, 1.54) is 0 Å². The van der Waals surface area contributed by atoms with Gasteiger partial charge >= 0.3 is 5.97 Å². The molecule has 1 amide bonds. The highest BCUT2D eigenvalue weighted by Crippen LogP contribution is 2.09. The predicted octanol–water partition coefficient (Wildman–Crippen LogP) is 0.0409. The maximum atomic E-state index is 11.8. The number of carboxylic acid groups (broad SMARTS) is 1. The van der Waals surface area contributed by atoms with Crippen LogP contribution in [0.3, 0.4) is 0 Å². The fraction of sp³-hybridized carbons (Fsp3) is 0.812. The van der Waals surface area contributed by atoms with Crippen molar-refractivity contribution in [3.8, 4) is 0 Å². The number of hydrogen-bond acceptors (Lipinski definition) is 5. The third-order valence-corrected chi connectivity index (χ3v) is 3.69. The molecule has 0 saturated carbocycles. The third kappa shape index (κ3) is 15.4. The number of aliphatic imine (C=N–C) groups is 1. The Morgan fingerprint density at radius 1 is 0.920 bits per heavy atom. The molecule has 1 unspecified atom stereocenters. The van der Waals surface area contributed by atoms with Gasteiger partial charge < -0.3 is 32.1 Å². The van der Waals surface area contributed by atoms with Crippen LogP contribution >= 0.6 is 0 Å². The molecule has 0 aromatic rings. The van der Waals surface area contributed by atoms with Crippen molar-refractivity contribution < 1.29 is 24.9 Å². The molecule has 0 aromatic carbocycles. The van der Waals surface area contributed by atoms with Crippen LogP contribution in [0.25, 0.3) is 0 Å². The molecular weight excluding hydrogens is 328 g/mol. The highest BCUT2D eigenvalue weighted by atomic mass is 16.5. The van der Waals surface area contributed by atoms with E-state index in [0.717, 1.165) is 32.1 Å². The Labute approximate surface area is 148 Å². The van der Waals surface area contributed by atoms with E-state index in [1.807, 2.05) is 0 Å². The van der Waals surface area contributed by atoms with Crippen LogP contribution in [0.2, 0.25) is 0 Å². The van der Waals surface area contributed by atoms with Gasteiger partial charge in [0.1, 0.15) is 6.04 Å². The molecule has 0 aliphatic rings. The molecule has 8 N–H and O–H groups in total. The first-order valence-electron chi connectivity index (χ1n) is 8.76. The zero-order valence-electron chi connectivity index (χ0n) is 14.7. The van der Waals surface area contributed by atoms with E-state index in [-0.39, 0.29) is 18.3 Å². The van der Waals surface area contributed by atoms with Crippen LogP contribution in [-0.4, -0.2) is 52.0 Å². The van der Waals surface area contributed by atoms with Crippen LogP contribution in [0.5, 0.6) is 0 Å². The number of nitrogens with one attached hydrogen (secondary N) is 1. The van der Waals surface area contributed by atoms with Crippen molar-refractivity contribution >= 4 is 17.8 Å². The number of carbonyl (C=O) groups is 2. The first-order valence-corrected chi connectivity index (χ1v) is 8.76. The number of carbonyl (C=O) groups excluding carboxylic acids is 1. The smallest absolute Gasteiger partial charge is 0.326 e. The maximum absolute atomic E-state index is 11.8. The number of amides is 1. The van der Waals surface area contributed by atoms with Crippen molar-refractivity contribution in [2.75, 3.05) is 6.54 Å². The average molecular weight is 360 g/mol. The maximum Gasteiger partial charge on any atom is 0.326 e. The average Bonchev–Trinajstić information content (AvgIpc) is 2.52. The van der Waals surface area contributed by atoms with Gasteiger partial charge in [-0.2, -0.15) is 0 Å². The lowest BCUT2D eigenvalue weighted by Gasteiger charge is -2.14. The number of aliphatic hydroxyl groups excluding tert-OH is 1. The van der Waals surface area contributed by atoms with Crippen molar-refractivity contribution in [3.05, 3.63) is 0 Å². The number of guanidine groups is 1. The van der Waals surface area contributed by atoms with E-state index >= 15 is 0 Å². The Kier molecular flexibility index (Phi) is 13.4. The second-order valence-electron chi connectivity index (χ2n) is 6.05. The summed E-state index contributed by atoms with van der Waals surface area (Å²) in [5.41, 5.74) is 10.4. The SMILES string of the molecule is NC(N)=NCCCC(NC(=O)CCCCCCCCC(O)O)C(=O)O. The topological polar surface area (TPSA) is 171 Å². The molecule has 9 heteroatoms. The third-order valence-electron chi connectivity index (χ3n) is 3.69. The zero-order chi connectivity index (χ0) is 19.1. The lowest BCUT2D eigenvalue weighted by atomic mass is 10.1. The molecule has 0 aliphatic carbocycles. The minimum absolute atomic E-state index is 0.0385. The molecule has 0 aliphatic heterocycles. The molecule has 0 rings (SSSR count). The summed E-state index contributed by atoms with van der Waals surface area (Å²) in [5.74, 6) is -1.37. The number of rotatable bonds is 15. The van der Waals surface area contributed by atoms with Crippen molar-refractivity contribution in [3.63, 3.8) is 0 Å². The minimum Gasteiger partial charge on any atom is -0.480 e. The van der Waals surface area contributed by atoms with Crippen molar-refractivity contribution in [2.45, 2.75) is 76.5 Å². The predicted molar refractivity (Wildman–Crippen MR) is 94.6 cm³/mol. The van der Waals surface area contributed by atoms with Gasteiger partial charge in [0.15, 0.2) is 12.2 Å². The normalized spacial score (nSPS) is 12.0. The molecule has 0 spiro atoms. The van der Waals surface area contributed by atoms with E-state index in [4.69, 9.17) is 26.8 Å². The molecule has 0 bridgehead atoms. The van der Waals surface area contributed by atoms with Gasteiger partial charge in [-0.3, -0.25) is 9.79 Å². The summed E-state index contributed by atoms with van der Waals surface area (Å²) in [4.78, 5) is 26.7. The first kappa shape index (κ1) is 23.1. The van der Waals surface area contributed by atoms with Gasteiger partial charge in [0.2, 0.25) is 5.91 Å². The summed E-state index contributed by atoms with van der Waals surface area (Å²) < 4.78 is 0. The van der Waals surface area contributed by atoms with E-state index in [2.05, 4.69) is 10.3 Å². The van der Waals surface area contributed by atoms with Gasteiger partial charge in [-0.15, -0.1) is 0 Å². The van der Waals surface area contributed by atoms with Gasteiger partial charge in [0, 0.05) is 13.0 Å². The summed E-state index contributed by atoms with van der Waals surface area (Å²) in [5, 5.41) is 29.1. The monoisotopic (exact) mass is 360 g/mol. The minimum atomic E-state index is -1.23. The number of unbranched alkanes of at least 4 members (excludes halogenated alkanes) is 5. The summed E-state index contributed by atoms with van der Waals surface area (Å²) in [7, 11) is 0. The van der Waals surface area contributed by atoms with Crippen LogP contribution < -0.4 is 16.8 Å². The van der Waals surface area contributed by atoms with Gasteiger partial charge in [-0.25, -0.2) is 4.79 Å². The molecule has 0 fully saturated rings. The number of nitrogens with zero attached hydrogens (tertiary/aromatic N) is 1. The van der Waals surface area contributed by atoms with Gasteiger partial charge in [-0.1, -0.05) is 25.7 Å². The van der Waals surface area contributed by atoms with Crippen molar-refractivity contribution in [1.29, 1.82) is 0 Å². The van der Waals surface area contributed by atoms with Gasteiger partial charge in [0.05, 0.1) is 0 Å². The van der Waals surface area contributed by atoms with E-state index in [0.29, 0.717) is 32.2 Å². The van der Waals surface area contributed by atoms with Crippen LogP contribution in [0, 0.1) is 0 Å². The Bertz CT molecular complexity index is 411. The van der Waals surface area contributed by atoms with Crippen molar-refractivity contribution in [2.24, 2.45) is 16.5 Å². The highest BCUT2D eigenvalue weighted by Gasteiger charge is 2.18. The van der Waals surface area contributed by atoms with E-state index in [9.17, 15) is 9.59 Å². The van der Waals surface area contributed by atoms with Crippen molar-refractivity contribution in [1.82, 2.24) is 5.32 Å². The van der Waals surface area contributed by atoms with Crippen LogP contribution in [0.4, 0.5) is 0 Å². The molecular formula is C16H32N4O5. The number of nitrogens with two attached hydrogens (primary N) is 2. The number of aliphatic carboxylic acids is 1. The van der Waals surface area contributed by atoms with E-state index in [1.54, 1.807) is 0 Å². The quantitative estimate of drug-likeness (QED) is 0.103. The fourth-order valence-corrected chi connectivity index (χ4v) is 2.35. The lowest BCUT2D eigenvalue weighted by Crippen LogP contribution is -2.40. The van der Waals surface area contributed by atoms with Crippen LogP contribution in [0.1, 0.15) is 64.2 Å². The largest absolute Gasteiger partial charge is 0.480 e. The molecule has 9 nitrogen and oxygen atoms in total. The second-order valence-corrected chi connectivity index (χ2v) is 6.05. The molecule has 1 atom stereocenters. The number of carboxylic acids is 1. The summed E-state index contributed by atoms with van der Waals surface area (Å²) in [6.45, 7) is 0.329. The second kappa shape index (κ2) is 14.5. The molecule has 146 valence electrons. The standard InChI is InChI=1S/C16H32N4O5/c17-16(18)19-11-7-8-12(15(24)25)20-13(21)9-5-3-1-2-4-6-10-14(22)23/h12,14,22-23H,1-11H2,(H,20,21)(H,24,25)(H4,17,18,19). The van der Waals surface area contributed by atoms with Gasteiger partial charge in [-0.05, 0) is 32.1 Å². The number of hydrogen-bond donors (Lipinski definition) is 6. The van der Waals surface area contributed by atoms with E-state index < -0.39 is 18.3 Å². The van der Waals surface area contributed by atoms with Gasteiger partial charge in [0.25, 0.3) is 0 Å². The molecule has 0 radical (unpaired) electrons. The zero-order valence-corrected chi connectivity index (χ0v) is 14.7. The molecule has 0 heterocycles. The Morgan fingerprint density at radius 2 is 1.52 bits per heavy atom. The number of aliphatic hydroxyl groups is 2. The highest BCUT2D eigenvalue weighted by molar-refractivity contribution is 5.83. The molecule has 0 saturated heterocycles. The lowest BCUT2D eigenvalue weighted by molar-refractivity contribution is -0.142. The molecule has 25 heavy (non-hydrogen) atoms. The molecule has 0 aromatic heterocycles. The summed E-state index contributed by atoms with van der Waals surface area (Å²) >= 11 is 0. The Hall–Kier alpha value is -1.87. The Balaban J connectivity index is 3.78. The van der Waals surface area contributed by atoms with Crippen LogP contribution in [-0.2, 0) is 9.59 Å². The summed E-state index contributed by atoms with van der Waals surface area (Å²) in [6, 6.07) is -0.924. The fourth-order valence-electron chi connectivity index (χ4n) is 2.35. The summed E-state index contributed by atoms with van der Waals surface area (Å²) in [6.07, 6.45) is 5.45. The van der Waals surface area contributed by atoms with Crippen LogP contribution in [0.15, 0.2) is 4.99 Å². The first-order chi connectivity index (χ1) is 11.8.